The van der Waals surface area contributed by atoms with Crippen molar-refractivity contribution in [2.24, 2.45) is 7.05 Å². The molecule has 1 aromatic carbocycles. The lowest BCUT2D eigenvalue weighted by atomic mass is 10.3. The molecule has 0 aliphatic rings. The summed E-state index contributed by atoms with van der Waals surface area (Å²) in [6.45, 7) is 0. The number of halogens is 4. The van der Waals surface area contributed by atoms with E-state index in [1.165, 1.54) is 5.69 Å². The highest BCUT2D eigenvalue weighted by molar-refractivity contribution is 6.50. The normalized spacial score (nSPS) is 10.6. The maximum Gasteiger partial charge on any atom is 0.673 e. The van der Waals surface area contributed by atoms with Crippen molar-refractivity contribution in [3.05, 3.63) is 49.1 Å². The van der Waals surface area contributed by atoms with Crippen LogP contribution in [0.15, 0.2) is 49.1 Å². The maximum atomic E-state index is 9.75. The van der Waals surface area contributed by atoms with Crippen molar-refractivity contribution in [2.75, 3.05) is 0 Å². The Kier molecular flexibility index (Phi) is 4.31. The summed E-state index contributed by atoms with van der Waals surface area (Å²) in [6, 6.07) is 10.3. The first-order valence-corrected chi connectivity index (χ1v) is 4.82. The van der Waals surface area contributed by atoms with Crippen LogP contribution in [0.5, 0.6) is 0 Å². The van der Waals surface area contributed by atoms with Gasteiger partial charge in [-0.1, -0.05) is 18.2 Å². The number of hydrogen-bond acceptors (Lipinski definition) is 0. The Labute approximate surface area is 96.2 Å². The van der Waals surface area contributed by atoms with E-state index in [2.05, 4.69) is 16.7 Å². The van der Waals surface area contributed by atoms with Crippen LogP contribution in [-0.4, -0.2) is 11.8 Å². The van der Waals surface area contributed by atoms with Crippen LogP contribution in [0.2, 0.25) is 0 Å². The Morgan fingerprint density at radius 2 is 1.59 bits per heavy atom. The molecule has 7 heteroatoms. The molecule has 0 N–H and O–H groups in total. The monoisotopic (exact) mass is 246 g/mol. The number of para-hydroxylation sites is 1. The molecule has 0 amide bonds. The van der Waals surface area contributed by atoms with E-state index in [9.17, 15) is 17.3 Å². The fourth-order valence-electron chi connectivity index (χ4n) is 1.20. The summed E-state index contributed by atoms with van der Waals surface area (Å²) in [5.41, 5.74) is 1.19. The molecule has 0 aliphatic carbocycles. The second kappa shape index (κ2) is 5.52. The number of rotatable bonds is 1. The van der Waals surface area contributed by atoms with Crippen molar-refractivity contribution in [1.82, 2.24) is 4.57 Å². The van der Waals surface area contributed by atoms with Gasteiger partial charge in [-0.3, -0.25) is 0 Å². The van der Waals surface area contributed by atoms with Crippen LogP contribution < -0.4 is 4.57 Å². The average Bonchev–Trinajstić information content (AvgIpc) is 2.64. The van der Waals surface area contributed by atoms with Crippen molar-refractivity contribution in [3.8, 4) is 5.69 Å². The molecular weight excluding hydrogens is 235 g/mol. The lowest BCUT2D eigenvalue weighted by molar-refractivity contribution is -0.595. The predicted molar refractivity (Wildman–Crippen MR) is 57.1 cm³/mol. The van der Waals surface area contributed by atoms with Crippen LogP contribution in [0.4, 0.5) is 17.3 Å². The number of aryl methyl sites for hydroxylation is 1. The lowest BCUT2D eigenvalue weighted by Crippen LogP contribution is -2.26. The number of aromatic nitrogens is 2. The summed E-state index contributed by atoms with van der Waals surface area (Å²) in [5, 5.41) is 0. The molecule has 2 aromatic rings. The molecule has 0 atom stereocenters. The Morgan fingerprint density at radius 1 is 1.06 bits per heavy atom. The largest absolute Gasteiger partial charge is 0.673 e. The zero-order valence-electron chi connectivity index (χ0n) is 9.10. The summed E-state index contributed by atoms with van der Waals surface area (Å²) in [5.74, 6) is 0. The van der Waals surface area contributed by atoms with Crippen molar-refractivity contribution < 1.29 is 21.8 Å². The zero-order valence-corrected chi connectivity index (χ0v) is 9.10. The smallest absolute Gasteiger partial charge is 0.418 e. The van der Waals surface area contributed by atoms with Gasteiger partial charge in [0.25, 0.3) is 0 Å². The summed E-state index contributed by atoms with van der Waals surface area (Å²) < 4.78 is 43.1. The third kappa shape index (κ3) is 5.74. The minimum atomic E-state index is -6.00. The lowest BCUT2D eigenvalue weighted by Gasteiger charge is -1.94. The zero-order chi connectivity index (χ0) is 12.9. The quantitative estimate of drug-likeness (QED) is 0.415. The van der Waals surface area contributed by atoms with Gasteiger partial charge in [0.15, 0.2) is 0 Å². The Bertz CT molecular complexity index is 447. The topological polar surface area (TPSA) is 8.81 Å². The van der Waals surface area contributed by atoms with Crippen LogP contribution in [0.3, 0.4) is 0 Å². The highest BCUT2D eigenvalue weighted by atomic mass is 19.5. The fourth-order valence-corrected chi connectivity index (χ4v) is 1.20. The predicted octanol–water partition coefficient (Wildman–Crippen LogP) is 2.60. The van der Waals surface area contributed by atoms with Gasteiger partial charge < -0.3 is 17.3 Å². The number of imidazole rings is 1. The van der Waals surface area contributed by atoms with Gasteiger partial charge in [-0.05, 0) is 12.1 Å². The molecule has 2 nitrogen and oxygen atoms in total. The standard InChI is InChI=1S/C10H11N2.BF4/c1-11-7-8-12(9-11)10-5-3-2-4-6-10;2-1(3,4)5/h2-9H,1H3;/q+1;-1. The van der Waals surface area contributed by atoms with Crippen molar-refractivity contribution in [2.45, 2.75) is 0 Å². The third-order valence-electron chi connectivity index (χ3n) is 1.82. The highest BCUT2D eigenvalue weighted by Crippen LogP contribution is 2.06. The molecule has 2 rings (SSSR count). The first-order valence-electron chi connectivity index (χ1n) is 4.82. The molecule has 17 heavy (non-hydrogen) atoms. The second-order valence-corrected chi connectivity index (χ2v) is 3.32. The highest BCUT2D eigenvalue weighted by Gasteiger charge is 2.20. The van der Waals surface area contributed by atoms with Gasteiger partial charge in [-0.15, -0.1) is 0 Å². The summed E-state index contributed by atoms with van der Waals surface area (Å²) in [7, 11) is -3.99. The summed E-state index contributed by atoms with van der Waals surface area (Å²) in [6.07, 6.45) is 6.09. The van der Waals surface area contributed by atoms with Gasteiger partial charge in [-0.25, -0.2) is 9.13 Å². The molecule has 92 valence electrons. The van der Waals surface area contributed by atoms with Gasteiger partial charge in [0.2, 0.25) is 6.33 Å². The Hall–Kier alpha value is -1.79. The minimum absolute atomic E-state index is 1.19. The van der Waals surface area contributed by atoms with Gasteiger partial charge in [-0.2, -0.15) is 0 Å². The van der Waals surface area contributed by atoms with Crippen LogP contribution in [0.25, 0.3) is 5.69 Å². The van der Waals surface area contributed by atoms with E-state index in [0.29, 0.717) is 0 Å². The van der Waals surface area contributed by atoms with E-state index >= 15 is 0 Å². The van der Waals surface area contributed by atoms with Gasteiger partial charge in [0, 0.05) is 0 Å². The number of benzene rings is 1. The summed E-state index contributed by atoms with van der Waals surface area (Å²) >= 11 is 0. The number of hydrogen-bond donors (Lipinski definition) is 0. The minimum Gasteiger partial charge on any atom is -0.418 e. The van der Waals surface area contributed by atoms with Gasteiger partial charge >= 0.3 is 7.25 Å². The van der Waals surface area contributed by atoms with E-state index < -0.39 is 7.25 Å². The van der Waals surface area contributed by atoms with Gasteiger partial charge in [0.05, 0.1) is 7.05 Å². The average molecular weight is 246 g/mol. The second-order valence-electron chi connectivity index (χ2n) is 3.32. The first-order chi connectivity index (χ1) is 7.86. The maximum absolute atomic E-state index is 9.75. The Morgan fingerprint density at radius 3 is 2.00 bits per heavy atom. The molecule has 0 aliphatic heterocycles. The van der Waals surface area contributed by atoms with E-state index in [4.69, 9.17) is 0 Å². The molecule has 0 spiro atoms. The molecule has 0 saturated heterocycles. The first kappa shape index (κ1) is 13.3. The molecule has 0 fully saturated rings. The summed E-state index contributed by atoms with van der Waals surface area (Å²) in [4.78, 5) is 0. The third-order valence-corrected chi connectivity index (χ3v) is 1.82. The van der Waals surface area contributed by atoms with Crippen LogP contribution in [-0.2, 0) is 7.05 Å². The molecular formula is C10H11BF4N2. The number of nitrogens with zero attached hydrogens (tertiary/aromatic N) is 2. The van der Waals surface area contributed by atoms with Crippen LogP contribution in [0.1, 0.15) is 0 Å². The SMILES string of the molecule is Cn1cc[n+](-c2ccccc2)c1.F[B-](F)(F)F. The van der Waals surface area contributed by atoms with Gasteiger partial charge in [0.1, 0.15) is 18.1 Å². The van der Waals surface area contributed by atoms with E-state index in [1.807, 2.05) is 48.5 Å². The van der Waals surface area contributed by atoms with Crippen LogP contribution in [0, 0.1) is 0 Å². The van der Waals surface area contributed by atoms with Crippen LogP contribution >= 0.6 is 0 Å². The molecule has 0 unspecified atom stereocenters. The van der Waals surface area contributed by atoms with E-state index in [-0.39, 0.29) is 0 Å². The molecule has 0 radical (unpaired) electrons. The molecule has 1 heterocycles. The van der Waals surface area contributed by atoms with E-state index in [1.54, 1.807) is 0 Å². The fraction of sp³-hybridized carbons (Fsp3) is 0.100. The Balaban J connectivity index is 0.000000249. The van der Waals surface area contributed by atoms with Crippen molar-refractivity contribution >= 4 is 7.25 Å². The van der Waals surface area contributed by atoms with Crippen molar-refractivity contribution in [3.63, 3.8) is 0 Å². The van der Waals surface area contributed by atoms with Crippen molar-refractivity contribution in [1.29, 1.82) is 0 Å². The molecule has 1 aromatic heterocycles. The van der Waals surface area contributed by atoms with E-state index in [0.717, 1.165) is 0 Å². The molecule has 0 saturated carbocycles. The molecule has 0 bridgehead atoms.